The highest BCUT2D eigenvalue weighted by molar-refractivity contribution is 7.99. The van der Waals surface area contributed by atoms with Crippen molar-refractivity contribution in [1.82, 2.24) is 0 Å². The lowest BCUT2D eigenvalue weighted by Crippen LogP contribution is -2.11. The molecule has 2 N–H and O–H groups in total. The summed E-state index contributed by atoms with van der Waals surface area (Å²) in [7, 11) is 0. The highest BCUT2D eigenvalue weighted by atomic mass is 35.5. The molecule has 3 aromatic rings. The van der Waals surface area contributed by atoms with Crippen LogP contribution in [0.3, 0.4) is 0 Å². The predicted molar refractivity (Wildman–Crippen MR) is 99.6 cm³/mol. The molecule has 22 heavy (non-hydrogen) atoms. The molecule has 0 amide bonds. The highest BCUT2D eigenvalue weighted by Crippen LogP contribution is 2.35. The molecule has 0 spiro atoms. The van der Waals surface area contributed by atoms with Gasteiger partial charge in [-0.2, -0.15) is 0 Å². The molecule has 0 unspecified atom stereocenters. The van der Waals surface area contributed by atoms with Crippen LogP contribution in [-0.4, -0.2) is 0 Å². The van der Waals surface area contributed by atoms with Gasteiger partial charge in [0.2, 0.25) is 0 Å². The monoisotopic (exact) mass is 367 g/mol. The van der Waals surface area contributed by atoms with Gasteiger partial charge < -0.3 is 5.73 Å². The SMILES string of the molecule is Cl.N[C@H](c1cccs1)c1ccccc1Sc1ccc(Cl)cc1. The van der Waals surface area contributed by atoms with Gasteiger partial charge in [-0.15, -0.1) is 23.7 Å². The van der Waals surface area contributed by atoms with Gasteiger partial charge >= 0.3 is 0 Å². The van der Waals surface area contributed by atoms with E-state index in [2.05, 4.69) is 23.6 Å². The van der Waals surface area contributed by atoms with Crippen LogP contribution in [-0.2, 0) is 0 Å². The maximum Gasteiger partial charge on any atom is 0.0657 e. The second kappa shape index (κ2) is 8.04. The first-order chi connectivity index (χ1) is 10.2. The van der Waals surface area contributed by atoms with Crippen LogP contribution in [0.2, 0.25) is 5.02 Å². The molecule has 0 saturated heterocycles. The van der Waals surface area contributed by atoms with E-state index in [1.54, 1.807) is 23.1 Å². The highest BCUT2D eigenvalue weighted by Gasteiger charge is 2.14. The number of nitrogens with two attached hydrogens (primary N) is 1. The van der Waals surface area contributed by atoms with Gasteiger partial charge in [-0.3, -0.25) is 0 Å². The molecule has 0 aliphatic carbocycles. The third-order valence-electron chi connectivity index (χ3n) is 3.15. The molecule has 1 atom stereocenters. The zero-order chi connectivity index (χ0) is 14.7. The Labute approximate surface area is 149 Å². The molecule has 1 nitrogen and oxygen atoms in total. The second-order valence-electron chi connectivity index (χ2n) is 4.59. The standard InChI is InChI=1S/C17H14ClNS2.ClH/c18-12-7-9-13(10-8-12)21-15-5-2-1-4-14(15)17(19)16-6-3-11-20-16;/h1-11,17H,19H2;1H/t17-;/m0./s1. The van der Waals surface area contributed by atoms with Gasteiger partial charge in [0.25, 0.3) is 0 Å². The van der Waals surface area contributed by atoms with Crippen molar-refractivity contribution in [3.05, 3.63) is 81.5 Å². The van der Waals surface area contributed by atoms with Crippen molar-refractivity contribution in [2.24, 2.45) is 5.73 Å². The molecule has 1 heterocycles. The minimum atomic E-state index is -0.0824. The second-order valence-corrected chi connectivity index (χ2v) is 7.12. The van der Waals surface area contributed by atoms with Crippen molar-refractivity contribution < 1.29 is 0 Å². The smallest absolute Gasteiger partial charge is 0.0657 e. The van der Waals surface area contributed by atoms with E-state index in [1.807, 2.05) is 42.5 Å². The minimum Gasteiger partial charge on any atom is -0.320 e. The first-order valence-electron chi connectivity index (χ1n) is 6.55. The fraction of sp³-hybridized carbons (Fsp3) is 0.0588. The molecule has 0 aliphatic heterocycles. The van der Waals surface area contributed by atoms with Crippen molar-refractivity contribution >= 4 is 47.1 Å². The summed E-state index contributed by atoms with van der Waals surface area (Å²) in [6.07, 6.45) is 0. The fourth-order valence-corrected chi connectivity index (χ4v) is 3.94. The Bertz CT molecular complexity index is 712. The molecule has 1 aromatic heterocycles. The summed E-state index contributed by atoms with van der Waals surface area (Å²) in [5.74, 6) is 0. The van der Waals surface area contributed by atoms with Crippen LogP contribution in [0.15, 0.2) is 75.8 Å². The maximum absolute atomic E-state index is 6.42. The van der Waals surface area contributed by atoms with E-state index < -0.39 is 0 Å². The van der Waals surface area contributed by atoms with E-state index in [1.165, 1.54) is 9.77 Å². The zero-order valence-corrected chi connectivity index (χ0v) is 14.8. The lowest BCUT2D eigenvalue weighted by Gasteiger charge is -2.15. The molecule has 0 bridgehead atoms. The number of halogens is 2. The quantitative estimate of drug-likeness (QED) is 0.609. The lowest BCUT2D eigenvalue weighted by atomic mass is 10.1. The van der Waals surface area contributed by atoms with Gasteiger partial charge in [-0.25, -0.2) is 0 Å². The summed E-state index contributed by atoms with van der Waals surface area (Å²) in [5, 5.41) is 2.81. The number of benzene rings is 2. The predicted octanol–water partition coefficient (Wildman–Crippen LogP) is 6.02. The number of hydrogen-bond acceptors (Lipinski definition) is 3. The summed E-state index contributed by atoms with van der Waals surface area (Å²) < 4.78 is 0. The Morgan fingerprint density at radius 3 is 2.36 bits per heavy atom. The van der Waals surface area contributed by atoms with Gasteiger partial charge in [0.1, 0.15) is 0 Å². The normalized spacial score (nSPS) is 11.7. The van der Waals surface area contributed by atoms with Crippen molar-refractivity contribution in [2.45, 2.75) is 15.8 Å². The van der Waals surface area contributed by atoms with Crippen LogP contribution in [0.5, 0.6) is 0 Å². The summed E-state index contributed by atoms with van der Waals surface area (Å²) in [4.78, 5) is 3.52. The molecule has 5 heteroatoms. The fourth-order valence-electron chi connectivity index (χ4n) is 2.08. The van der Waals surface area contributed by atoms with Crippen molar-refractivity contribution in [3.8, 4) is 0 Å². The van der Waals surface area contributed by atoms with Gasteiger partial charge in [0.05, 0.1) is 6.04 Å². The lowest BCUT2D eigenvalue weighted by molar-refractivity contribution is 0.867. The van der Waals surface area contributed by atoms with Crippen molar-refractivity contribution in [2.75, 3.05) is 0 Å². The van der Waals surface area contributed by atoms with Crippen LogP contribution in [0.1, 0.15) is 16.5 Å². The molecule has 2 aromatic carbocycles. The topological polar surface area (TPSA) is 26.0 Å². The van der Waals surface area contributed by atoms with E-state index in [0.717, 1.165) is 15.5 Å². The molecule has 0 radical (unpaired) electrons. The number of rotatable bonds is 4. The molecule has 0 fully saturated rings. The molecular weight excluding hydrogens is 353 g/mol. The zero-order valence-electron chi connectivity index (χ0n) is 11.6. The van der Waals surface area contributed by atoms with E-state index >= 15 is 0 Å². The number of hydrogen-bond donors (Lipinski definition) is 1. The van der Waals surface area contributed by atoms with Gasteiger partial charge in [-0.1, -0.05) is 47.6 Å². The molecule has 114 valence electrons. The molecular formula is C17H15Cl2NS2. The summed E-state index contributed by atoms with van der Waals surface area (Å²) in [6, 6.07) is 20.2. The minimum absolute atomic E-state index is 0. The average molecular weight is 368 g/mol. The Morgan fingerprint density at radius 1 is 0.955 bits per heavy atom. The van der Waals surface area contributed by atoms with Gasteiger partial charge in [0.15, 0.2) is 0 Å². The van der Waals surface area contributed by atoms with Crippen LogP contribution in [0, 0.1) is 0 Å². The summed E-state index contributed by atoms with van der Waals surface area (Å²) in [5.41, 5.74) is 7.57. The van der Waals surface area contributed by atoms with Gasteiger partial charge in [0, 0.05) is 19.7 Å². The van der Waals surface area contributed by atoms with Crippen LogP contribution in [0.4, 0.5) is 0 Å². The van der Waals surface area contributed by atoms with Crippen LogP contribution >= 0.6 is 47.1 Å². The Kier molecular flexibility index (Phi) is 6.36. The first-order valence-corrected chi connectivity index (χ1v) is 8.63. The molecule has 0 aliphatic rings. The summed E-state index contributed by atoms with van der Waals surface area (Å²) >= 11 is 9.34. The Morgan fingerprint density at radius 2 is 1.68 bits per heavy atom. The third kappa shape index (κ3) is 4.06. The Hall–Kier alpha value is -0.970. The first kappa shape index (κ1) is 17.4. The van der Waals surface area contributed by atoms with Crippen LogP contribution < -0.4 is 5.73 Å². The average Bonchev–Trinajstić information content (AvgIpc) is 3.04. The van der Waals surface area contributed by atoms with E-state index in [-0.39, 0.29) is 18.4 Å². The van der Waals surface area contributed by atoms with Crippen molar-refractivity contribution in [3.63, 3.8) is 0 Å². The third-order valence-corrected chi connectivity index (χ3v) is 5.45. The van der Waals surface area contributed by atoms with Crippen molar-refractivity contribution in [1.29, 1.82) is 0 Å². The van der Waals surface area contributed by atoms with E-state index in [4.69, 9.17) is 17.3 Å². The molecule has 3 rings (SSSR count). The molecule has 0 saturated carbocycles. The van der Waals surface area contributed by atoms with Gasteiger partial charge in [-0.05, 0) is 47.3 Å². The Balaban J connectivity index is 0.00000176. The van der Waals surface area contributed by atoms with E-state index in [9.17, 15) is 0 Å². The number of thiophene rings is 1. The van der Waals surface area contributed by atoms with E-state index in [0.29, 0.717) is 0 Å². The van der Waals surface area contributed by atoms with Crippen LogP contribution in [0.25, 0.3) is 0 Å². The summed E-state index contributed by atoms with van der Waals surface area (Å²) in [6.45, 7) is 0. The largest absolute Gasteiger partial charge is 0.320 e. The maximum atomic E-state index is 6.42.